The van der Waals surface area contributed by atoms with Crippen molar-refractivity contribution in [2.75, 3.05) is 18.0 Å². The molecule has 1 saturated carbocycles. The predicted octanol–water partition coefficient (Wildman–Crippen LogP) is 4.93. The zero-order chi connectivity index (χ0) is 22.6. The first-order valence-electron chi connectivity index (χ1n) is 10.00. The molecule has 1 amide bonds. The fourth-order valence-corrected chi connectivity index (χ4v) is 4.40. The van der Waals surface area contributed by atoms with Gasteiger partial charge in [0.1, 0.15) is 5.41 Å². The second-order valence-electron chi connectivity index (χ2n) is 8.53. The zero-order valence-electron chi connectivity index (χ0n) is 16.6. The first kappa shape index (κ1) is 21.7. The van der Waals surface area contributed by atoms with Gasteiger partial charge in [0.05, 0.1) is 11.1 Å². The number of pyridine rings is 1. The quantitative estimate of drug-likeness (QED) is 0.682. The Kier molecular flexibility index (Phi) is 5.09. The van der Waals surface area contributed by atoms with Crippen molar-refractivity contribution in [3.8, 4) is 0 Å². The van der Waals surface area contributed by atoms with Gasteiger partial charge in [-0.1, -0.05) is 6.92 Å². The number of hydrogen-bond donors (Lipinski definition) is 1. The molecular weight excluding hydrogens is 424 g/mol. The van der Waals surface area contributed by atoms with Crippen LogP contribution in [-0.4, -0.2) is 36.2 Å². The van der Waals surface area contributed by atoms with Gasteiger partial charge in [-0.3, -0.25) is 9.78 Å². The molecule has 2 aliphatic rings. The van der Waals surface area contributed by atoms with E-state index in [1.165, 1.54) is 12.3 Å². The van der Waals surface area contributed by atoms with E-state index >= 15 is 0 Å². The summed E-state index contributed by atoms with van der Waals surface area (Å²) >= 11 is 0. The maximum Gasteiger partial charge on any atom is 0.418 e. The molecule has 0 spiro atoms. The number of anilines is 1. The van der Waals surface area contributed by atoms with Gasteiger partial charge < -0.3 is 10.2 Å². The molecule has 1 aromatic heterocycles. The number of rotatable bonds is 3. The summed E-state index contributed by atoms with van der Waals surface area (Å²) in [6, 6.07) is 4.88. The summed E-state index contributed by atoms with van der Waals surface area (Å²) in [5.74, 6) is -0.993. The van der Waals surface area contributed by atoms with Gasteiger partial charge in [0, 0.05) is 36.4 Å². The van der Waals surface area contributed by atoms with Crippen LogP contribution in [0.2, 0.25) is 0 Å². The number of hydrogen-bond acceptors (Lipinski definition) is 3. The van der Waals surface area contributed by atoms with Crippen LogP contribution in [0.3, 0.4) is 0 Å². The highest BCUT2D eigenvalue weighted by Gasteiger charge is 2.68. The fourth-order valence-electron chi connectivity index (χ4n) is 4.40. The van der Waals surface area contributed by atoms with Crippen LogP contribution in [0, 0.1) is 11.3 Å². The number of carbonyl (C=O) groups excluding carboxylic acids is 1. The van der Waals surface area contributed by atoms with Crippen molar-refractivity contribution < 1.29 is 31.1 Å². The van der Waals surface area contributed by atoms with Crippen LogP contribution in [0.25, 0.3) is 10.9 Å². The number of nitrogens with one attached hydrogen (secondary N) is 1. The highest BCUT2D eigenvalue weighted by atomic mass is 19.4. The Morgan fingerprint density at radius 2 is 1.84 bits per heavy atom. The summed E-state index contributed by atoms with van der Waals surface area (Å²) in [6.07, 6.45) is -7.81. The molecule has 2 aromatic rings. The molecule has 168 valence electrons. The van der Waals surface area contributed by atoms with Gasteiger partial charge in [0.2, 0.25) is 5.91 Å². The van der Waals surface area contributed by atoms with Crippen LogP contribution in [0.4, 0.5) is 32.0 Å². The molecule has 2 fully saturated rings. The summed E-state index contributed by atoms with van der Waals surface area (Å²) in [4.78, 5) is 18.1. The molecule has 1 aliphatic heterocycles. The Labute approximate surface area is 174 Å². The Morgan fingerprint density at radius 1 is 1.13 bits per heavy atom. The van der Waals surface area contributed by atoms with Crippen molar-refractivity contribution in [3.05, 3.63) is 36.0 Å². The topological polar surface area (TPSA) is 45.2 Å². The lowest BCUT2D eigenvalue weighted by Gasteiger charge is -2.39. The number of carbonyl (C=O) groups is 1. The molecule has 0 unspecified atom stereocenters. The van der Waals surface area contributed by atoms with Crippen molar-refractivity contribution in [1.29, 1.82) is 0 Å². The Hall–Kier alpha value is -2.52. The predicted molar refractivity (Wildman–Crippen MR) is 102 cm³/mol. The fraction of sp³-hybridized carbons (Fsp3) is 0.524. The molecule has 1 aliphatic carbocycles. The molecule has 4 rings (SSSR count). The monoisotopic (exact) mass is 445 g/mol. The third-order valence-electron chi connectivity index (χ3n) is 6.11. The molecule has 31 heavy (non-hydrogen) atoms. The molecule has 2 heterocycles. The minimum Gasteiger partial charge on any atom is -0.369 e. The Balaban J connectivity index is 1.61. The zero-order valence-corrected chi connectivity index (χ0v) is 16.6. The molecule has 4 nitrogen and oxygen atoms in total. The minimum atomic E-state index is -4.59. The average molecular weight is 445 g/mol. The van der Waals surface area contributed by atoms with Gasteiger partial charge in [0.25, 0.3) is 0 Å². The second kappa shape index (κ2) is 7.27. The van der Waals surface area contributed by atoms with E-state index in [1.54, 1.807) is 12.1 Å². The number of amides is 1. The number of aromatic nitrogens is 1. The van der Waals surface area contributed by atoms with E-state index in [-0.39, 0.29) is 30.8 Å². The van der Waals surface area contributed by atoms with Gasteiger partial charge in [-0.05, 0) is 49.4 Å². The van der Waals surface area contributed by atoms with Gasteiger partial charge in [-0.2, -0.15) is 26.3 Å². The number of fused-ring (bicyclic) bond motifs is 1. The molecular formula is C21H21F6N3O. The maximum absolute atomic E-state index is 13.4. The standard InChI is InChI=1S/C21H21F6N3O/c1-12-9-13(29-18(31)19(6-7-19)21(25,26)27)11-30(10-12)16-5-4-15(20(22,23)24)17-14(16)3-2-8-28-17/h2-5,8,12-13H,6-7,9-11H2,1H3,(H,29,31)/t12-,13+/m0/s1. The smallest absolute Gasteiger partial charge is 0.369 e. The molecule has 2 atom stereocenters. The van der Waals surface area contributed by atoms with Crippen LogP contribution in [-0.2, 0) is 11.0 Å². The lowest BCUT2D eigenvalue weighted by molar-refractivity contribution is -0.192. The van der Waals surface area contributed by atoms with E-state index in [2.05, 4.69) is 10.3 Å². The van der Waals surface area contributed by atoms with Crippen molar-refractivity contribution >= 4 is 22.5 Å². The van der Waals surface area contributed by atoms with Crippen LogP contribution < -0.4 is 10.2 Å². The van der Waals surface area contributed by atoms with Gasteiger partial charge >= 0.3 is 12.4 Å². The molecule has 0 bridgehead atoms. The Bertz CT molecular complexity index is 999. The summed E-state index contributed by atoms with van der Waals surface area (Å²) in [7, 11) is 0. The first-order chi connectivity index (χ1) is 14.4. The normalized spacial score (nSPS) is 23.6. The molecule has 1 saturated heterocycles. The summed E-state index contributed by atoms with van der Waals surface area (Å²) < 4.78 is 79.9. The van der Waals surface area contributed by atoms with Crippen LogP contribution in [0.5, 0.6) is 0 Å². The number of alkyl halides is 6. The molecule has 1 N–H and O–H groups in total. The van der Waals surface area contributed by atoms with E-state index < -0.39 is 35.3 Å². The van der Waals surface area contributed by atoms with Gasteiger partial charge in [-0.15, -0.1) is 0 Å². The molecule has 0 radical (unpaired) electrons. The largest absolute Gasteiger partial charge is 0.418 e. The highest BCUT2D eigenvalue weighted by Crippen LogP contribution is 2.57. The summed E-state index contributed by atoms with van der Waals surface area (Å²) in [5, 5.41) is 2.86. The van der Waals surface area contributed by atoms with Crippen molar-refractivity contribution in [2.45, 2.75) is 44.6 Å². The van der Waals surface area contributed by atoms with Crippen LogP contribution >= 0.6 is 0 Å². The van der Waals surface area contributed by atoms with E-state index in [0.29, 0.717) is 24.0 Å². The molecule has 10 heteroatoms. The number of nitrogens with zero attached hydrogens (tertiary/aromatic N) is 2. The summed E-state index contributed by atoms with van der Waals surface area (Å²) in [5.41, 5.74) is -2.81. The third-order valence-corrected chi connectivity index (χ3v) is 6.11. The Morgan fingerprint density at radius 3 is 2.45 bits per heavy atom. The molecule has 1 aromatic carbocycles. The lowest BCUT2D eigenvalue weighted by atomic mass is 9.93. The highest BCUT2D eigenvalue weighted by molar-refractivity contribution is 5.94. The van der Waals surface area contributed by atoms with Gasteiger partial charge in [-0.25, -0.2) is 0 Å². The van der Waals surface area contributed by atoms with Crippen molar-refractivity contribution in [3.63, 3.8) is 0 Å². The van der Waals surface area contributed by atoms with E-state index in [0.717, 1.165) is 6.07 Å². The minimum absolute atomic E-state index is 0.0223. The third kappa shape index (κ3) is 3.92. The van der Waals surface area contributed by atoms with Crippen molar-refractivity contribution in [1.82, 2.24) is 10.3 Å². The van der Waals surface area contributed by atoms with E-state index in [9.17, 15) is 31.1 Å². The van der Waals surface area contributed by atoms with E-state index in [4.69, 9.17) is 0 Å². The second-order valence-corrected chi connectivity index (χ2v) is 8.53. The number of halogens is 6. The number of benzene rings is 1. The number of piperidine rings is 1. The first-order valence-corrected chi connectivity index (χ1v) is 10.00. The van der Waals surface area contributed by atoms with E-state index in [1.807, 2.05) is 11.8 Å². The lowest BCUT2D eigenvalue weighted by Crippen LogP contribution is -2.53. The van der Waals surface area contributed by atoms with Crippen LogP contribution in [0.15, 0.2) is 30.5 Å². The maximum atomic E-state index is 13.4. The average Bonchev–Trinajstić information content (AvgIpc) is 3.48. The SMILES string of the molecule is C[C@H]1C[C@@H](NC(=O)C2(C(F)(F)F)CC2)CN(c2ccc(C(F)(F)F)c3ncccc23)C1. The van der Waals surface area contributed by atoms with Gasteiger partial charge in [0.15, 0.2) is 0 Å². The van der Waals surface area contributed by atoms with Crippen LogP contribution in [0.1, 0.15) is 31.7 Å². The van der Waals surface area contributed by atoms with Crippen molar-refractivity contribution in [2.24, 2.45) is 11.3 Å². The summed E-state index contributed by atoms with van der Waals surface area (Å²) in [6.45, 7) is 2.61.